The Morgan fingerprint density at radius 3 is 1.88 bits per heavy atom. The van der Waals surface area contributed by atoms with E-state index >= 15 is 0 Å². The van der Waals surface area contributed by atoms with Crippen LogP contribution < -0.4 is 0 Å². The highest BCUT2D eigenvalue weighted by atomic mass is 32.2. The first-order valence-corrected chi connectivity index (χ1v) is 9.84. The van der Waals surface area contributed by atoms with Crippen LogP contribution in [-0.4, -0.2) is 19.4 Å². The molecule has 0 spiro atoms. The molecule has 0 N–H and O–H groups in total. The standard InChI is InChI=1S/C20H23NO2S/c1-15(2)24(22,23)14-13-16(3)17-5-7-18(8-6-17)19-9-11-20(21-4)12-10-19/h5-12,15-16H,13-14H2,1-3H3. The number of sulfone groups is 1. The molecular weight excluding hydrogens is 318 g/mol. The molecule has 2 rings (SSSR count). The molecule has 126 valence electrons. The van der Waals surface area contributed by atoms with E-state index in [1.165, 1.54) is 0 Å². The molecule has 0 aliphatic carbocycles. The molecule has 1 atom stereocenters. The number of benzene rings is 2. The SMILES string of the molecule is [C-]#[N+]c1ccc(-c2ccc(C(C)CCS(=O)(=O)C(C)C)cc2)cc1. The summed E-state index contributed by atoms with van der Waals surface area (Å²) in [7, 11) is -2.98. The third kappa shape index (κ3) is 4.46. The predicted octanol–water partition coefficient (Wildman–Crippen LogP) is 5.22. The molecule has 3 nitrogen and oxygen atoms in total. The first-order valence-electron chi connectivity index (χ1n) is 8.13. The van der Waals surface area contributed by atoms with Gasteiger partial charge in [0.05, 0.1) is 17.6 Å². The summed E-state index contributed by atoms with van der Waals surface area (Å²) in [5.74, 6) is 0.433. The normalized spacial score (nSPS) is 12.8. The summed E-state index contributed by atoms with van der Waals surface area (Å²) in [4.78, 5) is 3.40. The van der Waals surface area contributed by atoms with Crippen molar-refractivity contribution in [2.75, 3.05) is 5.75 Å². The van der Waals surface area contributed by atoms with Gasteiger partial charge in [-0.15, -0.1) is 0 Å². The fourth-order valence-electron chi connectivity index (χ4n) is 2.48. The Kier molecular flexibility index (Phi) is 5.80. The summed E-state index contributed by atoms with van der Waals surface area (Å²) < 4.78 is 23.9. The van der Waals surface area contributed by atoms with Crippen LogP contribution in [0.25, 0.3) is 16.0 Å². The van der Waals surface area contributed by atoms with Crippen LogP contribution in [0.4, 0.5) is 5.69 Å². The fourth-order valence-corrected chi connectivity index (χ4v) is 3.63. The van der Waals surface area contributed by atoms with Crippen LogP contribution in [0.3, 0.4) is 0 Å². The number of rotatable bonds is 6. The molecule has 0 aliphatic rings. The smallest absolute Gasteiger partial charge is 0.187 e. The van der Waals surface area contributed by atoms with Gasteiger partial charge in [-0.25, -0.2) is 13.3 Å². The summed E-state index contributed by atoms with van der Waals surface area (Å²) in [5.41, 5.74) is 3.95. The Labute approximate surface area is 145 Å². The maximum Gasteiger partial charge on any atom is 0.187 e. The van der Waals surface area contributed by atoms with Gasteiger partial charge in [0.15, 0.2) is 15.5 Å². The fraction of sp³-hybridized carbons (Fsp3) is 0.350. The molecule has 0 saturated carbocycles. The van der Waals surface area contributed by atoms with Crippen LogP contribution in [0.15, 0.2) is 48.5 Å². The average molecular weight is 341 g/mol. The van der Waals surface area contributed by atoms with Gasteiger partial charge in [0.25, 0.3) is 0 Å². The largest absolute Gasteiger partial charge is 0.238 e. The molecule has 0 heterocycles. The maximum absolute atomic E-state index is 11.9. The predicted molar refractivity (Wildman–Crippen MR) is 100 cm³/mol. The molecule has 24 heavy (non-hydrogen) atoms. The van der Waals surface area contributed by atoms with Gasteiger partial charge < -0.3 is 0 Å². The van der Waals surface area contributed by atoms with Crippen molar-refractivity contribution in [1.29, 1.82) is 0 Å². The van der Waals surface area contributed by atoms with Crippen LogP contribution in [0.5, 0.6) is 0 Å². The van der Waals surface area contributed by atoms with E-state index in [2.05, 4.69) is 36.0 Å². The van der Waals surface area contributed by atoms with Gasteiger partial charge in [-0.05, 0) is 42.9 Å². The van der Waals surface area contributed by atoms with E-state index in [0.717, 1.165) is 16.7 Å². The number of nitrogens with zero attached hydrogens (tertiary/aromatic N) is 1. The van der Waals surface area contributed by atoms with Crippen LogP contribution in [0.2, 0.25) is 0 Å². The molecule has 0 bridgehead atoms. The first kappa shape index (κ1) is 18.2. The quantitative estimate of drug-likeness (QED) is 0.676. The minimum atomic E-state index is -2.98. The average Bonchev–Trinajstić information content (AvgIpc) is 2.60. The van der Waals surface area contributed by atoms with Crippen LogP contribution in [-0.2, 0) is 9.84 Å². The van der Waals surface area contributed by atoms with Gasteiger partial charge in [-0.3, -0.25) is 0 Å². The van der Waals surface area contributed by atoms with Crippen molar-refractivity contribution in [2.24, 2.45) is 0 Å². The summed E-state index contributed by atoms with van der Waals surface area (Å²) in [5, 5.41) is -0.314. The monoisotopic (exact) mass is 341 g/mol. The highest BCUT2D eigenvalue weighted by molar-refractivity contribution is 7.91. The third-order valence-corrected chi connectivity index (χ3v) is 6.60. The van der Waals surface area contributed by atoms with Gasteiger partial charge in [-0.2, -0.15) is 0 Å². The summed E-state index contributed by atoms with van der Waals surface area (Å²) in [6.07, 6.45) is 0.638. The Morgan fingerprint density at radius 2 is 1.42 bits per heavy atom. The van der Waals surface area contributed by atoms with Gasteiger partial charge in [0.1, 0.15) is 0 Å². The minimum Gasteiger partial charge on any atom is -0.238 e. The molecule has 2 aromatic carbocycles. The summed E-state index contributed by atoms with van der Waals surface area (Å²) in [6.45, 7) is 12.5. The zero-order valence-electron chi connectivity index (χ0n) is 14.4. The van der Waals surface area contributed by atoms with Gasteiger partial charge >= 0.3 is 0 Å². The Balaban J connectivity index is 2.07. The highest BCUT2D eigenvalue weighted by Gasteiger charge is 2.18. The number of hydrogen-bond donors (Lipinski definition) is 0. The topological polar surface area (TPSA) is 38.5 Å². The van der Waals surface area contributed by atoms with Crippen LogP contribution in [0, 0.1) is 6.57 Å². The van der Waals surface area contributed by atoms with E-state index in [0.29, 0.717) is 12.1 Å². The summed E-state index contributed by atoms with van der Waals surface area (Å²) in [6, 6.07) is 15.7. The van der Waals surface area contributed by atoms with Crippen LogP contribution >= 0.6 is 0 Å². The van der Waals surface area contributed by atoms with Gasteiger partial charge in [-0.1, -0.05) is 55.5 Å². The van der Waals surface area contributed by atoms with Gasteiger partial charge in [0.2, 0.25) is 0 Å². The molecule has 4 heteroatoms. The first-order chi connectivity index (χ1) is 11.3. The summed E-state index contributed by atoms with van der Waals surface area (Å²) >= 11 is 0. The lowest BCUT2D eigenvalue weighted by atomic mass is 9.96. The van der Waals surface area contributed by atoms with E-state index < -0.39 is 9.84 Å². The lowest BCUT2D eigenvalue weighted by molar-refractivity contribution is 0.580. The second-order valence-electron chi connectivity index (χ2n) is 6.39. The zero-order chi connectivity index (χ0) is 17.7. The Hall–Kier alpha value is -2.12. The highest BCUT2D eigenvalue weighted by Crippen LogP contribution is 2.26. The molecule has 0 radical (unpaired) electrons. The van der Waals surface area contributed by atoms with Gasteiger partial charge in [0, 0.05) is 0 Å². The van der Waals surface area contributed by atoms with E-state index in [1.807, 2.05) is 24.3 Å². The molecule has 0 aromatic heterocycles. The van der Waals surface area contributed by atoms with Crippen molar-refractivity contribution >= 4 is 15.5 Å². The molecule has 0 saturated heterocycles. The Bertz CT molecular complexity index is 813. The minimum absolute atomic E-state index is 0.206. The second-order valence-corrected chi connectivity index (χ2v) is 9.06. The maximum atomic E-state index is 11.9. The molecular formula is C20H23NO2S. The van der Waals surface area contributed by atoms with Crippen molar-refractivity contribution in [1.82, 2.24) is 0 Å². The lowest BCUT2D eigenvalue weighted by Crippen LogP contribution is -2.18. The number of hydrogen-bond acceptors (Lipinski definition) is 2. The molecule has 0 aliphatic heterocycles. The molecule has 2 aromatic rings. The zero-order valence-corrected chi connectivity index (χ0v) is 15.2. The lowest BCUT2D eigenvalue weighted by Gasteiger charge is -2.14. The van der Waals surface area contributed by atoms with E-state index in [-0.39, 0.29) is 16.9 Å². The van der Waals surface area contributed by atoms with E-state index in [4.69, 9.17) is 6.57 Å². The van der Waals surface area contributed by atoms with Crippen molar-refractivity contribution in [3.05, 3.63) is 65.5 Å². The second kappa shape index (κ2) is 7.63. The van der Waals surface area contributed by atoms with E-state index in [9.17, 15) is 8.42 Å². The van der Waals surface area contributed by atoms with Crippen molar-refractivity contribution in [3.63, 3.8) is 0 Å². The molecule has 0 amide bonds. The Morgan fingerprint density at radius 1 is 0.917 bits per heavy atom. The van der Waals surface area contributed by atoms with E-state index in [1.54, 1.807) is 13.8 Å². The van der Waals surface area contributed by atoms with Crippen LogP contribution in [0.1, 0.15) is 38.7 Å². The van der Waals surface area contributed by atoms with Crippen molar-refractivity contribution in [2.45, 2.75) is 38.4 Å². The molecule has 0 fully saturated rings. The van der Waals surface area contributed by atoms with Crippen molar-refractivity contribution in [3.8, 4) is 11.1 Å². The van der Waals surface area contributed by atoms with Crippen molar-refractivity contribution < 1.29 is 8.42 Å². The molecule has 1 unspecified atom stereocenters. The third-order valence-electron chi connectivity index (χ3n) is 4.36.